The van der Waals surface area contributed by atoms with Crippen LogP contribution in [-0.2, 0) is 11.3 Å². The van der Waals surface area contributed by atoms with E-state index in [9.17, 15) is 9.90 Å². The molecule has 124 valence electrons. The van der Waals surface area contributed by atoms with Crippen molar-refractivity contribution in [3.05, 3.63) is 35.9 Å². The molecule has 0 aromatic heterocycles. The molecule has 0 radical (unpaired) electrons. The summed E-state index contributed by atoms with van der Waals surface area (Å²) in [6.07, 6.45) is 8.30. The Bertz CT molecular complexity index is 614. The van der Waals surface area contributed by atoms with Crippen molar-refractivity contribution in [2.45, 2.75) is 38.3 Å². The molecule has 1 aromatic carbocycles. The summed E-state index contributed by atoms with van der Waals surface area (Å²) in [6.45, 7) is 5.30. The van der Waals surface area contributed by atoms with E-state index in [0.717, 1.165) is 25.1 Å². The summed E-state index contributed by atoms with van der Waals surface area (Å²) in [5, 5.41) is 16.2. The molecule has 0 spiro atoms. The summed E-state index contributed by atoms with van der Waals surface area (Å²) < 4.78 is 0. The van der Waals surface area contributed by atoms with Crippen LogP contribution >= 0.6 is 0 Å². The number of aromatic hydroxyl groups is 1. The van der Waals surface area contributed by atoms with Crippen LogP contribution in [0.1, 0.15) is 31.7 Å². The highest BCUT2D eigenvalue weighted by Gasteiger charge is 2.40. The number of fused-ring (bicyclic) bond motifs is 1. The van der Waals surface area contributed by atoms with E-state index < -0.39 is 0 Å². The number of nitrogens with one attached hydrogen (secondary N) is 2. The predicted octanol–water partition coefficient (Wildman–Crippen LogP) is 2.23. The van der Waals surface area contributed by atoms with Crippen molar-refractivity contribution in [2.24, 2.45) is 0 Å². The van der Waals surface area contributed by atoms with Crippen molar-refractivity contribution in [1.29, 1.82) is 0 Å². The average Bonchev–Trinajstić information content (AvgIpc) is 3.04. The third-order valence-corrected chi connectivity index (χ3v) is 4.88. The van der Waals surface area contributed by atoms with Gasteiger partial charge in [-0.25, -0.2) is 0 Å². The molecule has 0 saturated carbocycles. The maximum absolute atomic E-state index is 11.0. The minimum Gasteiger partial charge on any atom is -0.508 e. The maximum Gasteiger partial charge on any atom is 0.221 e. The topological polar surface area (TPSA) is 64.6 Å². The number of anilines is 1. The van der Waals surface area contributed by atoms with Crippen LogP contribution in [0.4, 0.5) is 5.69 Å². The second-order valence-electron chi connectivity index (χ2n) is 6.51. The van der Waals surface area contributed by atoms with E-state index in [1.807, 2.05) is 12.1 Å². The first-order chi connectivity index (χ1) is 11.1. The molecule has 1 saturated heterocycles. The van der Waals surface area contributed by atoms with Crippen LogP contribution in [-0.4, -0.2) is 41.1 Å². The molecule has 1 atom stereocenters. The van der Waals surface area contributed by atoms with Gasteiger partial charge in [0.1, 0.15) is 5.75 Å². The van der Waals surface area contributed by atoms with Gasteiger partial charge in [0.15, 0.2) is 0 Å². The van der Waals surface area contributed by atoms with Crippen molar-refractivity contribution >= 4 is 11.6 Å². The third-order valence-electron chi connectivity index (χ3n) is 4.88. The largest absolute Gasteiger partial charge is 0.508 e. The fraction of sp³-hybridized carbons (Fsp3) is 0.500. The molecule has 2 heterocycles. The smallest absolute Gasteiger partial charge is 0.221 e. The SMILES string of the molecule is CC(=O)Nc1ccc(CNCCC23C=CCN2CCC3)c(O)c1. The monoisotopic (exact) mass is 315 g/mol. The van der Waals surface area contributed by atoms with E-state index in [1.165, 1.54) is 26.3 Å². The second-order valence-corrected chi connectivity index (χ2v) is 6.51. The Hall–Kier alpha value is -1.85. The van der Waals surface area contributed by atoms with Gasteiger partial charge in [0, 0.05) is 42.9 Å². The lowest BCUT2D eigenvalue weighted by molar-refractivity contribution is -0.114. The third kappa shape index (κ3) is 3.57. The zero-order chi connectivity index (χ0) is 16.3. The van der Waals surface area contributed by atoms with Gasteiger partial charge < -0.3 is 15.7 Å². The summed E-state index contributed by atoms with van der Waals surface area (Å²) >= 11 is 0. The molecule has 2 aliphatic heterocycles. The van der Waals surface area contributed by atoms with E-state index in [-0.39, 0.29) is 17.2 Å². The normalized spacial score (nSPS) is 23.2. The molecular formula is C18H25N3O2. The van der Waals surface area contributed by atoms with Crippen molar-refractivity contribution in [3.63, 3.8) is 0 Å². The van der Waals surface area contributed by atoms with Crippen LogP contribution in [0.2, 0.25) is 0 Å². The standard InChI is InChI=1S/C18H25N3O2/c1-14(22)20-16-5-4-15(17(23)12-16)13-19-9-8-18-6-2-10-21(18)11-3-7-18/h2,4-6,12,19,23H,3,7-11,13H2,1H3,(H,20,22). The number of rotatable bonds is 6. The van der Waals surface area contributed by atoms with E-state index in [2.05, 4.69) is 27.7 Å². The molecule has 2 aliphatic rings. The first kappa shape index (κ1) is 16.0. The Balaban J connectivity index is 1.49. The number of hydrogen-bond donors (Lipinski definition) is 3. The number of phenolic OH excluding ortho intramolecular Hbond substituents is 1. The summed E-state index contributed by atoms with van der Waals surface area (Å²) in [5.74, 6) is 0.0745. The zero-order valence-corrected chi connectivity index (χ0v) is 13.6. The average molecular weight is 315 g/mol. The molecular weight excluding hydrogens is 290 g/mol. The van der Waals surface area contributed by atoms with Gasteiger partial charge in [0.2, 0.25) is 5.91 Å². The maximum atomic E-state index is 11.0. The molecule has 1 aromatic rings. The molecule has 1 amide bonds. The number of nitrogens with zero attached hydrogens (tertiary/aromatic N) is 1. The van der Waals surface area contributed by atoms with Crippen LogP contribution in [0.3, 0.4) is 0 Å². The molecule has 5 heteroatoms. The number of hydrogen-bond acceptors (Lipinski definition) is 4. The molecule has 1 unspecified atom stereocenters. The van der Waals surface area contributed by atoms with Gasteiger partial charge in [-0.3, -0.25) is 9.69 Å². The molecule has 0 aliphatic carbocycles. The quantitative estimate of drug-likeness (QED) is 0.556. The van der Waals surface area contributed by atoms with Gasteiger partial charge in [0.25, 0.3) is 0 Å². The highest BCUT2D eigenvalue weighted by Crippen LogP contribution is 2.36. The number of carbonyl (C=O) groups is 1. The number of carbonyl (C=O) groups excluding carboxylic acids is 1. The van der Waals surface area contributed by atoms with Crippen molar-refractivity contribution in [2.75, 3.05) is 25.0 Å². The van der Waals surface area contributed by atoms with Gasteiger partial charge >= 0.3 is 0 Å². The molecule has 1 fully saturated rings. The van der Waals surface area contributed by atoms with Crippen molar-refractivity contribution < 1.29 is 9.90 Å². The van der Waals surface area contributed by atoms with Crippen molar-refractivity contribution in [3.8, 4) is 5.75 Å². The van der Waals surface area contributed by atoms with Crippen LogP contribution < -0.4 is 10.6 Å². The van der Waals surface area contributed by atoms with Gasteiger partial charge in [-0.1, -0.05) is 18.2 Å². The molecule has 23 heavy (non-hydrogen) atoms. The number of benzene rings is 1. The summed E-state index contributed by atoms with van der Waals surface area (Å²) in [6, 6.07) is 5.26. The first-order valence-electron chi connectivity index (χ1n) is 8.32. The van der Waals surface area contributed by atoms with Crippen molar-refractivity contribution in [1.82, 2.24) is 10.2 Å². The fourth-order valence-electron chi connectivity index (χ4n) is 3.71. The Labute approximate surface area is 137 Å². The summed E-state index contributed by atoms with van der Waals surface area (Å²) in [7, 11) is 0. The lowest BCUT2D eigenvalue weighted by Gasteiger charge is -2.31. The zero-order valence-electron chi connectivity index (χ0n) is 13.6. The number of amides is 1. The fourth-order valence-corrected chi connectivity index (χ4v) is 3.71. The second kappa shape index (κ2) is 6.72. The molecule has 3 N–H and O–H groups in total. The molecule has 3 rings (SSSR count). The van der Waals surface area contributed by atoms with Gasteiger partial charge in [-0.05, 0) is 38.4 Å². The van der Waals surface area contributed by atoms with E-state index >= 15 is 0 Å². The van der Waals surface area contributed by atoms with E-state index in [4.69, 9.17) is 0 Å². The number of phenols is 1. The van der Waals surface area contributed by atoms with Crippen LogP contribution in [0, 0.1) is 0 Å². The van der Waals surface area contributed by atoms with E-state index in [1.54, 1.807) is 6.07 Å². The highest BCUT2D eigenvalue weighted by molar-refractivity contribution is 5.88. The van der Waals surface area contributed by atoms with Gasteiger partial charge in [0.05, 0.1) is 0 Å². The minimum absolute atomic E-state index is 0.139. The predicted molar refractivity (Wildman–Crippen MR) is 91.4 cm³/mol. The molecule has 5 nitrogen and oxygen atoms in total. The lowest BCUT2D eigenvalue weighted by Crippen LogP contribution is -2.40. The highest BCUT2D eigenvalue weighted by atomic mass is 16.3. The van der Waals surface area contributed by atoms with E-state index in [0.29, 0.717) is 12.2 Å². The van der Waals surface area contributed by atoms with Gasteiger partial charge in [-0.2, -0.15) is 0 Å². The minimum atomic E-state index is -0.139. The van der Waals surface area contributed by atoms with Crippen LogP contribution in [0.25, 0.3) is 0 Å². The first-order valence-corrected chi connectivity index (χ1v) is 8.32. The summed E-state index contributed by atoms with van der Waals surface area (Å²) in [4.78, 5) is 13.6. The summed E-state index contributed by atoms with van der Waals surface area (Å²) in [5.41, 5.74) is 1.74. The Morgan fingerprint density at radius 2 is 2.30 bits per heavy atom. The molecule has 0 bridgehead atoms. The van der Waals surface area contributed by atoms with Gasteiger partial charge in [-0.15, -0.1) is 0 Å². The van der Waals surface area contributed by atoms with Crippen LogP contribution in [0.15, 0.2) is 30.4 Å². The van der Waals surface area contributed by atoms with Crippen LogP contribution in [0.5, 0.6) is 5.75 Å². The Kier molecular flexibility index (Phi) is 4.68. The Morgan fingerprint density at radius 1 is 1.43 bits per heavy atom. The Morgan fingerprint density at radius 3 is 3.09 bits per heavy atom. The lowest BCUT2D eigenvalue weighted by atomic mass is 9.93.